The van der Waals surface area contributed by atoms with Crippen LogP contribution in [0, 0.1) is 0 Å². The Morgan fingerprint density at radius 2 is 1.89 bits per heavy atom. The minimum atomic E-state index is 0.662. The molecule has 0 unspecified atom stereocenters. The standard InChI is InChI=1S/C22H27N5O/c1-2-17-4-5-19(16-18(17)3-1)24-22-23-9-6-21(25-22)27-10-7-20(8-11-27)26-12-14-28-15-13-26/h1,3-6,9,16,20H,2,7-8,10-15H2,(H,23,24,25). The predicted octanol–water partition coefficient (Wildman–Crippen LogP) is 3.09. The Morgan fingerprint density at radius 3 is 2.75 bits per heavy atom. The smallest absolute Gasteiger partial charge is 0.229 e. The average molecular weight is 377 g/mol. The van der Waals surface area contributed by atoms with E-state index in [0.717, 1.165) is 57.3 Å². The van der Waals surface area contributed by atoms with Gasteiger partial charge in [-0.1, -0.05) is 18.2 Å². The number of aromatic nitrogens is 2. The molecule has 0 radical (unpaired) electrons. The van der Waals surface area contributed by atoms with Crippen molar-refractivity contribution in [3.8, 4) is 0 Å². The first-order valence-corrected chi connectivity index (χ1v) is 10.3. The van der Waals surface area contributed by atoms with Gasteiger partial charge in [0.15, 0.2) is 0 Å². The Hall–Kier alpha value is -2.44. The summed E-state index contributed by atoms with van der Waals surface area (Å²) < 4.78 is 5.49. The van der Waals surface area contributed by atoms with Gasteiger partial charge in [0.05, 0.1) is 13.2 Å². The number of piperidine rings is 1. The molecule has 2 aliphatic heterocycles. The average Bonchev–Trinajstić information content (AvgIpc) is 3.23. The molecule has 0 atom stereocenters. The van der Waals surface area contributed by atoms with Gasteiger partial charge in [-0.15, -0.1) is 0 Å². The predicted molar refractivity (Wildman–Crippen MR) is 112 cm³/mol. The number of hydrogen-bond acceptors (Lipinski definition) is 6. The Bertz CT molecular complexity index is 854. The van der Waals surface area contributed by atoms with E-state index >= 15 is 0 Å². The molecule has 2 aromatic rings. The van der Waals surface area contributed by atoms with Gasteiger partial charge in [0.25, 0.3) is 0 Å². The van der Waals surface area contributed by atoms with E-state index in [9.17, 15) is 0 Å². The molecule has 0 bridgehead atoms. The number of morpholine rings is 1. The maximum Gasteiger partial charge on any atom is 0.229 e. The van der Waals surface area contributed by atoms with Crippen molar-refractivity contribution < 1.29 is 4.74 Å². The molecule has 5 rings (SSSR count). The molecule has 0 spiro atoms. The van der Waals surface area contributed by atoms with Crippen molar-refractivity contribution in [2.24, 2.45) is 0 Å². The van der Waals surface area contributed by atoms with E-state index < -0.39 is 0 Å². The highest BCUT2D eigenvalue weighted by molar-refractivity contribution is 5.67. The molecule has 0 amide bonds. The fraction of sp³-hybridized carbons (Fsp3) is 0.455. The number of nitrogens with zero attached hydrogens (tertiary/aromatic N) is 4. The second-order valence-electron chi connectivity index (χ2n) is 7.75. The molecule has 2 saturated heterocycles. The molecular formula is C22H27N5O. The topological polar surface area (TPSA) is 53.5 Å². The van der Waals surface area contributed by atoms with Gasteiger partial charge in [-0.3, -0.25) is 4.90 Å². The third-order valence-electron chi connectivity index (χ3n) is 6.03. The lowest BCUT2D eigenvalue weighted by atomic mass is 10.0. The maximum atomic E-state index is 5.49. The SMILES string of the molecule is C1=Cc2cc(Nc3nccc(N4CCC(N5CCOCC5)CC4)n3)ccc2C1. The molecule has 3 aliphatic rings. The fourth-order valence-electron chi connectivity index (χ4n) is 4.44. The first kappa shape index (κ1) is 17.6. The number of ether oxygens (including phenoxy) is 1. The first-order valence-electron chi connectivity index (χ1n) is 10.3. The van der Waals surface area contributed by atoms with Crippen LogP contribution in [0.25, 0.3) is 6.08 Å². The molecule has 1 N–H and O–H groups in total. The van der Waals surface area contributed by atoms with Crippen LogP contribution in [0.3, 0.4) is 0 Å². The quantitative estimate of drug-likeness (QED) is 0.884. The molecule has 6 heteroatoms. The van der Waals surface area contributed by atoms with Crippen molar-refractivity contribution in [3.05, 3.63) is 47.7 Å². The van der Waals surface area contributed by atoms with Crippen molar-refractivity contribution in [2.45, 2.75) is 25.3 Å². The maximum absolute atomic E-state index is 5.49. The molecule has 1 aliphatic carbocycles. The highest BCUT2D eigenvalue weighted by Gasteiger charge is 2.26. The summed E-state index contributed by atoms with van der Waals surface area (Å²) in [5, 5.41) is 3.37. The summed E-state index contributed by atoms with van der Waals surface area (Å²) >= 11 is 0. The number of allylic oxidation sites excluding steroid dienone is 1. The third-order valence-corrected chi connectivity index (χ3v) is 6.03. The first-order chi connectivity index (χ1) is 13.8. The van der Waals surface area contributed by atoms with E-state index in [0.29, 0.717) is 12.0 Å². The Balaban J connectivity index is 1.23. The monoisotopic (exact) mass is 377 g/mol. The lowest BCUT2D eigenvalue weighted by Gasteiger charge is -2.40. The molecule has 146 valence electrons. The van der Waals surface area contributed by atoms with E-state index in [2.05, 4.69) is 50.5 Å². The Kier molecular flexibility index (Phi) is 4.97. The van der Waals surface area contributed by atoms with Crippen molar-refractivity contribution in [3.63, 3.8) is 0 Å². The van der Waals surface area contributed by atoms with Crippen LogP contribution in [-0.2, 0) is 11.2 Å². The number of hydrogen-bond donors (Lipinski definition) is 1. The van der Waals surface area contributed by atoms with Crippen molar-refractivity contribution in [1.29, 1.82) is 0 Å². The molecule has 1 aromatic carbocycles. The minimum absolute atomic E-state index is 0.662. The summed E-state index contributed by atoms with van der Waals surface area (Å²) in [5.41, 5.74) is 3.70. The van der Waals surface area contributed by atoms with Crippen LogP contribution < -0.4 is 10.2 Å². The summed E-state index contributed by atoms with van der Waals surface area (Å²) in [6, 6.07) is 9.15. The highest BCUT2D eigenvalue weighted by Crippen LogP contribution is 2.26. The lowest BCUT2D eigenvalue weighted by molar-refractivity contribution is 0.0115. The van der Waals surface area contributed by atoms with Crippen LogP contribution in [0.5, 0.6) is 0 Å². The van der Waals surface area contributed by atoms with E-state index in [1.54, 1.807) is 0 Å². The Morgan fingerprint density at radius 1 is 1.04 bits per heavy atom. The molecule has 3 heterocycles. The van der Waals surface area contributed by atoms with Crippen molar-refractivity contribution >= 4 is 23.5 Å². The highest BCUT2D eigenvalue weighted by atomic mass is 16.5. The van der Waals surface area contributed by atoms with Gasteiger partial charge in [-0.05, 0) is 48.6 Å². The second kappa shape index (κ2) is 7.89. The number of nitrogens with one attached hydrogen (secondary N) is 1. The van der Waals surface area contributed by atoms with Gasteiger partial charge in [0, 0.05) is 44.1 Å². The van der Waals surface area contributed by atoms with Crippen LogP contribution in [0.15, 0.2) is 36.5 Å². The molecule has 28 heavy (non-hydrogen) atoms. The van der Waals surface area contributed by atoms with Gasteiger partial charge in [0.2, 0.25) is 5.95 Å². The summed E-state index contributed by atoms with van der Waals surface area (Å²) in [5.74, 6) is 1.67. The largest absolute Gasteiger partial charge is 0.379 e. The van der Waals surface area contributed by atoms with Crippen LogP contribution >= 0.6 is 0 Å². The van der Waals surface area contributed by atoms with E-state index in [1.165, 1.54) is 24.0 Å². The minimum Gasteiger partial charge on any atom is -0.379 e. The van der Waals surface area contributed by atoms with Gasteiger partial charge in [-0.2, -0.15) is 4.98 Å². The van der Waals surface area contributed by atoms with Gasteiger partial charge >= 0.3 is 0 Å². The molecule has 6 nitrogen and oxygen atoms in total. The van der Waals surface area contributed by atoms with Gasteiger partial charge in [-0.25, -0.2) is 4.98 Å². The summed E-state index contributed by atoms with van der Waals surface area (Å²) in [6.45, 7) is 5.98. The van der Waals surface area contributed by atoms with Crippen LogP contribution in [0.2, 0.25) is 0 Å². The van der Waals surface area contributed by atoms with Gasteiger partial charge < -0.3 is 15.0 Å². The fourth-order valence-corrected chi connectivity index (χ4v) is 4.44. The molecule has 0 saturated carbocycles. The second-order valence-corrected chi connectivity index (χ2v) is 7.75. The van der Waals surface area contributed by atoms with E-state index in [1.807, 2.05) is 12.3 Å². The summed E-state index contributed by atoms with van der Waals surface area (Å²) in [7, 11) is 0. The number of fused-ring (bicyclic) bond motifs is 1. The molecule has 1 aromatic heterocycles. The van der Waals surface area contributed by atoms with Crippen LogP contribution in [-0.4, -0.2) is 60.3 Å². The lowest BCUT2D eigenvalue weighted by Crippen LogP contribution is -2.49. The van der Waals surface area contributed by atoms with Crippen molar-refractivity contribution in [2.75, 3.05) is 49.6 Å². The van der Waals surface area contributed by atoms with Crippen LogP contribution in [0.1, 0.15) is 24.0 Å². The third kappa shape index (κ3) is 3.75. The zero-order chi connectivity index (χ0) is 18.8. The summed E-state index contributed by atoms with van der Waals surface area (Å²) in [4.78, 5) is 14.2. The Labute approximate surface area is 166 Å². The zero-order valence-electron chi connectivity index (χ0n) is 16.2. The van der Waals surface area contributed by atoms with E-state index in [4.69, 9.17) is 9.72 Å². The number of anilines is 3. The molecular weight excluding hydrogens is 350 g/mol. The zero-order valence-corrected chi connectivity index (χ0v) is 16.2. The van der Waals surface area contributed by atoms with Crippen molar-refractivity contribution in [1.82, 2.24) is 14.9 Å². The molecule has 2 fully saturated rings. The number of benzene rings is 1. The van der Waals surface area contributed by atoms with Crippen LogP contribution in [0.4, 0.5) is 17.5 Å². The number of rotatable bonds is 4. The normalized spacial score (nSPS) is 20.4. The summed E-state index contributed by atoms with van der Waals surface area (Å²) in [6.07, 6.45) is 9.63. The van der Waals surface area contributed by atoms with E-state index in [-0.39, 0.29) is 0 Å². The van der Waals surface area contributed by atoms with Gasteiger partial charge in [0.1, 0.15) is 5.82 Å².